The van der Waals surface area contributed by atoms with Gasteiger partial charge in [-0.1, -0.05) is 0 Å². The molecule has 0 atom stereocenters. The monoisotopic (exact) mass is 581 g/mol. The molecule has 13 nitrogen and oxygen atoms in total. The van der Waals surface area contributed by atoms with Crippen molar-refractivity contribution in [2.24, 2.45) is 5.73 Å². The van der Waals surface area contributed by atoms with Gasteiger partial charge in [0.2, 0.25) is 15.9 Å². The van der Waals surface area contributed by atoms with Gasteiger partial charge in [0.15, 0.2) is 0 Å². The largest absolute Gasteiger partial charge is 0.383 e. The van der Waals surface area contributed by atoms with Crippen molar-refractivity contribution in [1.82, 2.24) is 14.5 Å². The molecule has 3 rings (SSSR count). The molecule has 0 saturated carbocycles. The molecule has 1 aromatic carbocycles. The number of anilines is 1. The van der Waals surface area contributed by atoms with E-state index in [1.807, 2.05) is 5.32 Å². The van der Waals surface area contributed by atoms with E-state index in [0.717, 1.165) is 11.3 Å². The maximum atomic E-state index is 13.1. The Labute approximate surface area is 230 Å². The number of amides is 5. The van der Waals surface area contributed by atoms with Gasteiger partial charge in [-0.25, -0.2) is 13.2 Å². The van der Waals surface area contributed by atoms with Crippen molar-refractivity contribution in [3.63, 3.8) is 0 Å². The molecule has 0 unspecified atom stereocenters. The second-order valence-corrected chi connectivity index (χ2v) is 11.6. The number of nitrogens with zero attached hydrogens (tertiary/aromatic N) is 2. The van der Waals surface area contributed by atoms with Crippen molar-refractivity contribution in [1.29, 1.82) is 0 Å². The SMILES string of the molecule is COCCN(CCOC)S(=O)(=O)c1ccc(C(=O)Nc2sc3c(c2C(=O)NC(N)=O)CCN(C(C)=O)C3)cc1. The predicted molar refractivity (Wildman–Crippen MR) is 143 cm³/mol. The first-order valence-corrected chi connectivity index (χ1v) is 14.2. The number of hydrogen-bond donors (Lipinski definition) is 3. The third-order valence-corrected chi connectivity index (χ3v) is 9.08. The van der Waals surface area contributed by atoms with E-state index >= 15 is 0 Å². The molecule has 0 saturated heterocycles. The molecule has 0 radical (unpaired) electrons. The van der Waals surface area contributed by atoms with Crippen molar-refractivity contribution < 1.29 is 37.1 Å². The van der Waals surface area contributed by atoms with Crippen LogP contribution in [0.4, 0.5) is 9.80 Å². The zero-order valence-corrected chi connectivity index (χ0v) is 23.4. The molecule has 1 aromatic heterocycles. The van der Waals surface area contributed by atoms with Crippen LogP contribution in [-0.4, -0.2) is 88.4 Å². The van der Waals surface area contributed by atoms with Gasteiger partial charge in [0.05, 0.1) is 30.2 Å². The number of sulfonamides is 1. The van der Waals surface area contributed by atoms with Crippen molar-refractivity contribution in [3.8, 4) is 0 Å². The molecule has 0 aliphatic carbocycles. The van der Waals surface area contributed by atoms with Gasteiger partial charge < -0.3 is 25.4 Å². The van der Waals surface area contributed by atoms with Crippen LogP contribution in [0.5, 0.6) is 0 Å². The number of hydrogen-bond acceptors (Lipinski definition) is 9. The second kappa shape index (κ2) is 13.1. The summed E-state index contributed by atoms with van der Waals surface area (Å²) in [6.45, 7) is 2.74. The molecule has 2 aromatic rings. The highest BCUT2D eigenvalue weighted by molar-refractivity contribution is 7.89. The summed E-state index contributed by atoms with van der Waals surface area (Å²) < 4.78 is 37.5. The number of carbonyl (C=O) groups excluding carboxylic acids is 4. The number of methoxy groups -OCH3 is 2. The summed E-state index contributed by atoms with van der Waals surface area (Å²) in [5.74, 6) is -1.48. The fourth-order valence-electron chi connectivity index (χ4n) is 4.02. The molecule has 0 spiro atoms. The zero-order chi connectivity index (χ0) is 28.7. The van der Waals surface area contributed by atoms with Crippen molar-refractivity contribution >= 4 is 50.1 Å². The van der Waals surface area contributed by atoms with E-state index in [2.05, 4.69) is 5.32 Å². The number of rotatable bonds is 11. The van der Waals surface area contributed by atoms with Crippen molar-refractivity contribution in [2.75, 3.05) is 52.4 Å². The normalized spacial score (nSPS) is 13.2. The second-order valence-electron chi connectivity index (χ2n) is 8.59. The predicted octanol–water partition coefficient (Wildman–Crippen LogP) is 0.997. The Balaban J connectivity index is 1.86. The van der Waals surface area contributed by atoms with Crippen LogP contribution in [0.15, 0.2) is 29.2 Å². The van der Waals surface area contributed by atoms with E-state index in [9.17, 15) is 27.6 Å². The molecule has 4 N–H and O–H groups in total. The van der Waals surface area contributed by atoms with Crippen molar-refractivity contribution in [2.45, 2.75) is 24.8 Å². The lowest BCUT2D eigenvalue weighted by molar-refractivity contribution is -0.129. The summed E-state index contributed by atoms with van der Waals surface area (Å²) in [4.78, 5) is 51.4. The number of ether oxygens (including phenoxy) is 2. The van der Waals surface area contributed by atoms with Crippen LogP contribution in [-0.2, 0) is 37.3 Å². The molecule has 0 bridgehead atoms. The summed E-state index contributed by atoms with van der Waals surface area (Å²) in [7, 11) is -0.930. The van der Waals surface area contributed by atoms with E-state index in [4.69, 9.17) is 15.2 Å². The Hall–Kier alpha value is -3.37. The summed E-state index contributed by atoms with van der Waals surface area (Å²) in [5.41, 5.74) is 6.01. The van der Waals surface area contributed by atoms with Crippen molar-refractivity contribution in [3.05, 3.63) is 45.8 Å². The number of imide groups is 1. The molecule has 212 valence electrons. The van der Waals surface area contributed by atoms with Gasteiger partial charge in [-0.3, -0.25) is 19.7 Å². The minimum absolute atomic E-state index is 0.0105. The zero-order valence-electron chi connectivity index (χ0n) is 21.8. The standard InChI is InChI=1S/C24H31N5O8S2/c1-15(30)28-9-8-18-19(14-28)38-23(20(18)22(32)27-24(25)33)26-21(31)16-4-6-17(7-5-16)39(34,35)29(10-12-36-2)11-13-37-3/h4-7H,8-14H2,1-3H3,(H,26,31)(H3,25,27,32,33). The smallest absolute Gasteiger partial charge is 0.319 e. The lowest BCUT2D eigenvalue weighted by Gasteiger charge is -2.25. The number of fused-ring (bicyclic) bond motifs is 1. The third kappa shape index (κ3) is 7.19. The minimum atomic E-state index is -3.88. The Bertz CT molecular complexity index is 1330. The van der Waals surface area contributed by atoms with Gasteiger partial charge >= 0.3 is 6.03 Å². The third-order valence-electron chi connectivity index (χ3n) is 6.04. The first-order chi connectivity index (χ1) is 18.5. The fraction of sp³-hybridized carbons (Fsp3) is 0.417. The van der Waals surface area contributed by atoms with Gasteiger partial charge in [0.25, 0.3) is 11.8 Å². The van der Waals surface area contributed by atoms with Gasteiger partial charge in [0.1, 0.15) is 5.00 Å². The molecule has 1 aliphatic heterocycles. The molecule has 39 heavy (non-hydrogen) atoms. The molecule has 2 heterocycles. The molecule has 15 heteroatoms. The maximum Gasteiger partial charge on any atom is 0.319 e. The average molecular weight is 582 g/mol. The first-order valence-electron chi connectivity index (χ1n) is 11.9. The van der Waals surface area contributed by atoms with Crippen LogP contribution >= 0.6 is 11.3 Å². The van der Waals surface area contributed by atoms with E-state index in [1.54, 1.807) is 4.90 Å². The number of carbonyl (C=O) groups is 4. The van der Waals surface area contributed by atoms with Gasteiger partial charge in [-0.2, -0.15) is 4.31 Å². The summed E-state index contributed by atoms with van der Waals surface area (Å²) in [5, 5.41) is 4.91. The first kappa shape index (κ1) is 30.2. The highest BCUT2D eigenvalue weighted by atomic mass is 32.2. The van der Waals surface area contributed by atoms with Gasteiger partial charge in [-0.05, 0) is 36.2 Å². The summed E-state index contributed by atoms with van der Waals surface area (Å²) >= 11 is 1.12. The molecule has 0 fully saturated rings. The van der Waals surface area contributed by atoms with E-state index in [1.165, 1.54) is 49.7 Å². The number of nitrogens with two attached hydrogens (primary N) is 1. The number of urea groups is 1. The van der Waals surface area contributed by atoms with Crippen LogP contribution in [0.1, 0.15) is 38.1 Å². The number of nitrogens with one attached hydrogen (secondary N) is 2. The van der Waals surface area contributed by atoms with E-state index in [-0.39, 0.29) is 59.8 Å². The Morgan fingerprint density at radius 3 is 2.21 bits per heavy atom. The molecule has 1 aliphatic rings. The Kier molecular flexibility index (Phi) is 10.2. The summed E-state index contributed by atoms with van der Waals surface area (Å²) in [6.07, 6.45) is 0.359. The lowest BCUT2D eigenvalue weighted by Crippen LogP contribution is -2.37. The van der Waals surface area contributed by atoms with Gasteiger partial charge in [-0.15, -0.1) is 11.3 Å². The quantitative estimate of drug-likeness (QED) is 0.352. The minimum Gasteiger partial charge on any atom is -0.383 e. The molecule has 5 amide bonds. The van der Waals surface area contributed by atoms with E-state index < -0.39 is 27.9 Å². The summed E-state index contributed by atoms with van der Waals surface area (Å²) in [6, 6.07) is 4.33. The molecular formula is C24H31N5O8S2. The molecular weight excluding hydrogens is 550 g/mol. The highest BCUT2D eigenvalue weighted by Crippen LogP contribution is 2.37. The van der Waals surface area contributed by atoms with Crippen LogP contribution in [0.3, 0.4) is 0 Å². The lowest BCUT2D eigenvalue weighted by atomic mass is 10.0. The van der Waals surface area contributed by atoms with Crippen LogP contribution < -0.4 is 16.4 Å². The topological polar surface area (TPSA) is 177 Å². The number of primary amides is 1. The Morgan fingerprint density at radius 2 is 1.67 bits per heavy atom. The Morgan fingerprint density at radius 1 is 1.05 bits per heavy atom. The maximum absolute atomic E-state index is 13.1. The van der Waals surface area contributed by atoms with Crippen LogP contribution in [0.25, 0.3) is 0 Å². The fourth-order valence-corrected chi connectivity index (χ4v) is 6.68. The number of benzene rings is 1. The van der Waals surface area contributed by atoms with Crippen LogP contribution in [0, 0.1) is 0 Å². The van der Waals surface area contributed by atoms with Gasteiger partial charge in [0, 0.05) is 51.2 Å². The van der Waals surface area contributed by atoms with Crippen LogP contribution in [0.2, 0.25) is 0 Å². The number of thiophene rings is 1. The highest BCUT2D eigenvalue weighted by Gasteiger charge is 2.30. The van der Waals surface area contributed by atoms with E-state index in [0.29, 0.717) is 23.4 Å². The average Bonchev–Trinajstić information content (AvgIpc) is 3.25.